The molecule has 0 saturated carbocycles. The minimum atomic E-state index is 0.0722. The predicted molar refractivity (Wildman–Crippen MR) is 73.0 cm³/mol. The van der Waals surface area contributed by atoms with Crippen molar-refractivity contribution < 1.29 is 4.74 Å². The van der Waals surface area contributed by atoms with E-state index in [0.717, 1.165) is 13.2 Å². The molecule has 1 aromatic rings. The van der Waals surface area contributed by atoms with Crippen molar-refractivity contribution in [1.82, 2.24) is 0 Å². The highest BCUT2D eigenvalue weighted by Gasteiger charge is 2.12. The summed E-state index contributed by atoms with van der Waals surface area (Å²) < 4.78 is 5.42. The summed E-state index contributed by atoms with van der Waals surface area (Å²) in [6, 6.07) is 9.33. The molecule has 1 aliphatic rings. The fraction of sp³-hybridized carbons (Fsp3) is 0.571. The van der Waals surface area contributed by atoms with Crippen LogP contribution in [0.25, 0.3) is 0 Å². The molecule has 1 fully saturated rings. The molecule has 1 nitrogen and oxygen atoms in total. The Balaban J connectivity index is 2.06. The lowest BCUT2D eigenvalue weighted by atomic mass is 9.99. The lowest BCUT2D eigenvalue weighted by Crippen LogP contribution is -2.14. The van der Waals surface area contributed by atoms with Crippen molar-refractivity contribution in [1.29, 1.82) is 0 Å². The number of hydrogen-bond donors (Lipinski definition) is 1. The second kappa shape index (κ2) is 5.74. The van der Waals surface area contributed by atoms with Gasteiger partial charge in [0.05, 0.1) is 13.2 Å². The molecule has 0 radical (unpaired) electrons. The van der Waals surface area contributed by atoms with Crippen LogP contribution in [0.15, 0.2) is 29.2 Å². The number of thiol groups is 1. The van der Waals surface area contributed by atoms with Gasteiger partial charge in [0.2, 0.25) is 0 Å². The molecule has 1 heterocycles. The first kappa shape index (κ1) is 12.0. The third-order valence-corrected chi connectivity index (χ3v) is 5.92. The molecule has 0 aromatic heterocycles. The van der Waals surface area contributed by atoms with Gasteiger partial charge in [0.1, 0.15) is 0 Å². The van der Waals surface area contributed by atoms with Gasteiger partial charge in [-0.25, -0.2) is 10.9 Å². The summed E-state index contributed by atoms with van der Waals surface area (Å²) in [6.45, 7) is 6.47. The highest BCUT2D eigenvalue weighted by molar-refractivity contribution is 8.17. The second-order valence-electron chi connectivity index (χ2n) is 4.50. The van der Waals surface area contributed by atoms with Crippen LogP contribution in [0.5, 0.6) is 0 Å². The first-order valence-corrected chi connectivity index (χ1v) is 7.95. The predicted octanol–water partition coefficient (Wildman–Crippen LogP) is 3.59. The average Bonchev–Trinajstić information content (AvgIpc) is 2.39. The molecular weight excluding hydrogens is 216 g/mol. The topological polar surface area (TPSA) is 9.23 Å². The monoisotopic (exact) mass is 238 g/mol. The molecule has 0 spiro atoms. The fourth-order valence-corrected chi connectivity index (χ4v) is 4.08. The van der Waals surface area contributed by atoms with Crippen LogP contribution < -0.4 is 0 Å². The van der Waals surface area contributed by atoms with Crippen LogP contribution in [0, 0.1) is 0 Å². The van der Waals surface area contributed by atoms with Crippen molar-refractivity contribution in [3.8, 4) is 0 Å². The number of rotatable bonds is 3. The van der Waals surface area contributed by atoms with E-state index in [1.807, 2.05) is 0 Å². The Morgan fingerprint density at radius 1 is 1.19 bits per heavy atom. The van der Waals surface area contributed by atoms with Crippen LogP contribution in [-0.2, 0) is 4.74 Å². The van der Waals surface area contributed by atoms with Crippen LogP contribution in [0.2, 0.25) is 0 Å². The van der Waals surface area contributed by atoms with E-state index in [1.54, 1.807) is 4.90 Å². The van der Waals surface area contributed by atoms with E-state index in [4.69, 9.17) is 4.74 Å². The Kier molecular flexibility index (Phi) is 4.30. The molecular formula is C14H22OS. The number of hydrogen-bond acceptors (Lipinski definition) is 1. The molecule has 1 aliphatic heterocycles. The first-order chi connectivity index (χ1) is 7.81. The molecule has 1 aromatic carbocycles. The quantitative estimate of drug-likeness (QED) is 0.792. The van der Waals surface area contributed by atoms with Crippen molar-refractivity contribution in [2.75, 3.05) is 24.7 Å². The molecule has 1 saturated heterocycles. The fourth-order valence-electron chi connectivity index (χ4n) is 2.07. The zero-order valence-corrected chi connectivity index (χ0v) is 11.2. The van der Waals surface area contributed by atoms with E-state index in [1.165, 1.54) is 23.5 Å². The van der Waals surface area contributed by atoms with Crippen molar-refractivity contribution in [2.45, 2.75) is 31.1 Å². The average molecular weight is 238 g/mol. The van der Waals surface area contributed by atoms with Gasteiger partial charge in [0.15, 0.2) is 0 Å². The molecule has 1 atom stereocenters. The zero-order valence-electron chi connectivity index (χ0n) is 10.3. The summed E-state index contributed by atoms with van der Waals surface area (Å²) in [7, 11) is 0.0722. The van der Waals surface area contributed by atoms with Gasteiger partial charge < -0.3 is 4.74 Å². The lowest BCUT2D eigenvalue weighted by molar-refractivity contribution is 0.160. The molecule has 2 heteroatoms. The van der Waals surface area contributed by atoms with Crippen molar-refractivity contribution in [3.05, 3.63) is 29.8 Å². The Bertz CT molecular complexity index is 314. The summed E-state index contributed by atoms with van der Waals surface area (Å²) in [5.41, 5.74) is 1.48. The van der Waals surface area contributed by atoms with Gasteiger partial charge >= 0.3 is 0 Å². The number of benzene rings is 1. The highest BCUT2D eigenvalue weighted by Crippen LogP contribution is 2.38. The van der Waals surface area contributed by atoms with Crippen LogP contribution in [0.1, 0.15) is 31.7 Å². The highest BCUT2D eigenvalue weighted by atomic mass is 32.2. The van der Waals surface area contributed by atoms with Gasteiger partial charge in [-0.05, 0) is 22.8 Å². The molecule has 0 amide bonds. The minimum absolute atomic E-state index is 0.0722. The van der Waals surface area contributed by atoms with Crippen LogP contribution >= 0.6 is 10.9 Å². The van der Waals surface area contributed by atoms with E-state index >= 15 is 0 Å². The Hall–Kier alpha value is -0.470. The molecule has 0 aliphatic carbocycles. The molecule has 1 unspecified atom stereocenters. The van der Waals surface area contributed by atoms with Crippen molar-refractivity contribution in [3.63, 3.8) is 0 Å². The standard InChI is InChI=1S/C14H22OS/c1-3-12(2)13-4-6-14(7-5-13)16-10-8-15-9-11-16/h4-7,12,16H,3,8-11H2,1-2H3. The van der Waals surface area contributed by atoms with E-state index in [9.17, 15) is 0 Å². The van der Waals surface area contributed by atoms with E-state index < -0.39 is 0 Å². The summed E-state index contributed by atoms with van der Waals surface area (Å²) >= 11 is 0. The first-order valence-electron chi connectivity index (χ1n) is 6.24. The van der Waals surface area contributed by atoms with Crippen LogP contribution in [0.3, 0.4) is 0 Å². The van der Waals surface area contributed by atoms with Gasteiger partial charge in [-0.15, -0.1) is 0 Å². The zero-order chi connectivity index (χ0) is 11.4. The lowest BCUT2D eigenvalue weighted by Gasteiger charge is -2.26. The van der Waals surface area contributed by atoms with Crippen molar-refractivity contribution in [2.24, 2.45) is 0 Å². The van der Waals surface area contributed by atoms with Gasteiger partial charge in [0, 0.05) is 11.5 Å². The van der Waals surface area contributed by atoms with E-state index in [0.29, 0.717) is 5.92 Å². The molecule has 0 bridgehead atoms. The molecule has 16 heavy (non-hydrogen) atoms. The molecule has 0 N–H and O–H groups in total. The van der Waals surface area contributed by atoms with Crippen LogP contribution in [0.4, 0.5) is 0 Å². The summed E-state index contributed by atoms with van der Waals surface area (Å²) in [4.78, 5) is 1.56. The summed E-state index contributed by atoms with van der Waals surface area (Å²) in [5.74, 6) is 3.19. The van der Waals surface area contributed by atoms with Gasteiger partial charge in [-0.1, -0.05) is 38.1 Å². The minimum Gasteiger partial charge on any atom is -0.380 e. The van der Waals surface area contributed by atoms with Crippen molar-refractivity contribution >= 4 is 10.9 Å². The maximum absolute atomic E-state index is 5.42. The van der Waals surface area contributed by atoms with Gasteiger partial charge in [-0.2, -0.15) is 0 Å². The van der Waals surface area contributed by atoms with E-state index in [-0.39, 0.29) is 10.9 Å². The van der Waals surface area contributed by atoms with E-state index in [2.05, 4.69) is 38.1 Å². The third-order valence-electron chi connectivity index (χ3n) is 3.45. The van der Waals surface area contributed by atoms with Crippen LogP contribution in [-0.4, -0.2) is 24.7 Å². The Labute approximate surface area is 102 Å². The normalized spacial score (nSPS) is 20.8. The largest absolute Gasteiger partial charge is 0.380 e. The number of ether oxygens (including phenoxy) is 1. The molecule has 2 rings (SSSR count). The Morgan fingerprint density at radius 3 is 2.38 bits per heavy atom. The summed E-state index contributed by atoms with van der Waals surface area (Å²) in [6.07, 6.45) is 1.22. The SMILES string of the molecule is CCC(C)c1ccc([SH]2CCOCC2)cc1. The maximum atomic E-state index is 5.42. The smallest absolute Gasteiger partial charge is 0.0543 e. The molecule has 90 valence electrons. The van der Waals surface area contributed by atoms with Gasteiger partial charge in [0.25, 0.3) is 0 Å². The second-order valence-corrected chi connectivity index (χ2v) is 6.99. The third kappa shape index (κ3) is 2.80. The Morgan fingerprint density at radius 2 is 1.81 bits per heavy atom. The summed E-state index contributed by atoms with van der Waals surface area (Å²) in [5, 5.41) is 0. The maximum Gasteiger partial charge on any atom is 0.0543 e. The van der Waals surface area contributed by atoms with Gasteiger partial charge in [-0.3, -0.25) is 0 Å².